The molecule has 126 valence electrons. The maximum atomic E-state index is 5.05. The van der Waals surface area contributed by atoms with E-state index in [0.717, 1.165) is 19.5 Å². The van der Waals surface area contributed by atoms with Crippen molar-refractivity contribution in [2.75, 3.05) is 20.1 Å². The molecule has 1 nitrogen and oxygen atoms in total. The van der Waals surface area contributed by atoms with Gasteiger partial charge in [-0.1, -0.05) is 72.8 Å². The molecule has 1 aliphatic heterocycles. The number of hydrogen-bond donors (Lipinski definition) is 1. The smallest absolute Gasteiger partial charge is 0.0528 e. The van der Waals surface area contributed by atoms with Crippen LogP contribution in [-0.4, -0.2) is 25.0 Å². The summed E-state index contributed by atoms with van der Waals surface area (Å²) in [6, 6.07) is 23.8. The molecule has 1 unspecified atom stereocenters. The number of thiol groups is 1. The van der Waals surface area contributed by atoms with E-state index in [-0.39, 0.29) is 5.25 Å². The zero-order valence-electron chi connectivity index (χ0n) is 14.5. The molecule has 0 radical (unpaired) electrons. The second-order valence-electron chi connectivity index (χ2n) is 6.80. The van der Waals surface area contributed by atoms with Crippen LogP contribution < -0.4 is 0 Å². The molecule has 1 heterocycles. The minimum absolute atomic E-state index is 0.0721. The van der Waals surface area contributed by atoms with Gasteiger partial charge in [0.15, 0.2) is 0 Å². The molecule has 25 heavy (non-hydrogen) atoms. The molecule has 4 rings (SSSR count). The molecule has 0 saturated heterocycles. The molecule has 3 aromatic rings. The van der Waals surface area contributed by atoms with Crippen molar-refractivity contribution >= 4 is 29.0 Å². The van der Waals surface area contributed by atoms with Crippen LogP contribution in [0.1, 0.15) is 28.4 Å². The highest BCUT2D eigenvalue weighted by atomic mass is 32.1. The number of likely N-dealkylation sites (N-methyl/N-ethyl adjacent to an activating group) is 1. The Balaban J connectivity index is 1.79. The number of benzene rings is 3. The second kappa shape index (κ2) is 7.07. The van der Waals surface area contributed by atoms with Gasteiger partial charge in [0.1, 0.15) is 0 Å². The normalized spacial score (nSPS) is 16.6. The van der Waals surface area contributed by atoms with E-state index in [4.69, 9.17) is 12.6 Å². The van der Waals surface area contributed by atoms with Crippen molar-refractivity contribution in [1.29, 1.82) is 0 Å². The molecule has 0 amide bonds. The highest BCUT2D eigenvalue weighted by Gasteiger charge is 2.19. The molecular weight excluding hydrogens is 322 g/mol. The lowest BCUT2D eigenvalue weighted by Gasteiger charge is -2.25. The van der Waals surface area contributed by atoms with Gasteiger partial charge in [-0.15, -0.1) is 0 Å². The molecule has 1 aliphatic rings. The van der Waals surface area contributed by atoms with Gasteiger partial charge in [0.05, 0.1) is 5.25 Å². The average Bonchev–Trinajstić information content (AvgIpc) is 2.68. The quantitative estimate of drug-likeness (QED) is 0.607. The first kappa shape index (κ1) is 16.4. The van der Waals surface area contributed by atoms with Crippen molar-refractivity contribution in [2.45, 2.75) is 11.7 Å². The molecule has 0 N–H and O–H groups in total. The topological polar surface area (TPSA) is 3.24 Å². The van der Waals surface area contributed by atoms with Crippen LogP contribution in [0.4, 0.5) is 0 Å². The highest BCUT2D eigenvalue weighted by molar-refractivity contribution is 7.80. The van der Waals surface area contributed by atoms with Gasteiger partial charge >= 0.3 is 0 Å². The van der Waals surface area contributed by atoms with Crippen LogP contribution in [0.25, 0.3) is 16.3 Å². The number of rotatable bonds is 3. The van der Waals surface area contributed by atoms with Gasteiger partial charge in [0.2, 0.25) is 0 Å². The summed E-state index contributed by atoms with van der Waals surface area (Å²) in [5.74, 6) is 0. The van der Waals surface area contributed by atoms with Crippen LogP contribution in [0.2, 0.25) is 0 Å². The molecule has 3 aromatic carbocycles. The summed E-state index contributed by atoms with van der Waals surface area (Å²) in [4.78, 5) is 2.36. The standard InChI is InChI=1S/C23H23NS/c1-24-15-13-18(14-16-24)20-10-4-5-11-21(20)23(25)22-12-6-8-17-7-2-3-9-19(17)22/h2-13,23,25H,14-16H2,1H3. The van der Waals surface area contributed by atoms with Crippen molar-refractivity contribution < 1.29 is 0 Å². The van der Waals surface area contributed by atoms with Crippen LogP contribution in [0, 0.1) is 0 Å². The summed E-state index contributed by atoms with van der Waals surface area (Å²) in [5, 5.41) is 2.63. The first-order valence-electron chi connectivity index (χ1n) is 8.86. The second-order valence-corrected chi connectivity index (χ2v) is 7.32. The molecule has 0 bridgehead atoms. The lowest BCUT2D eigenvalue weighted by Crippen LogP contribution is -2.24. The predicted molar refractivity (Wildman–Crippen MR) is 111 cm³/mol. The molecule has 0 saturated carbocycles. The maximum absolute atomic E-state index is 5.05. The van der Waals surface area contributed by atoms with E-state index in [0.29, 0.717) is 0 Å². The van der Waals surface area contributed by atoms with E-state index in [1.807, 2.05) is 0 Å². The lowest BCUT2D eigenvalue weighted by molar-refractivity contribution is 0.370. The Labute approximate surface area is 155 Å². The van der Waals surface area contributed by atoms with Gasteiger partial charge < -0.3 is 4.90 Å². The van der Waals surface area contributed by atoms with E-state index in [1.165, 1.54) is 33.0 Å². The Kier molecular flexibility index (Phi) is 4.65. The number of hydrogen-bond acceptors (Lipinski definition) is 2. The largest absolute Gasteiger partial charge is 0.302 e. The zero-order chi connectivity index (χ0) is 17.2. The first-order valence-corrected chi connectivity index (χ1v) is 9.38. The Bertz CT molecular complexity index is 923. The third kappa shape index (κ3) is 3.24. The summed E-state index contributed by atoms with van der Waals surface area (Å²) < 4.78 is 0. The minimum Gasteiger partial charge on any atom is -0.302 e. The SMILES string of the molecule is CN1CC=C(c2ccccc2C(S)c2cccc3ccccc23)CC1. The Morgan fingerprint density at radius 3 is 2.44 bits per heavy atom. The predicted octanol–water partition coefficient (Wildman–Crippen LogP) is 5.58. The fourth-order valence-corrected chi connectivity index (χ4v) is 4.15. The monoisotopic (exact) mass is 345 g/mol. The molecular formula is C23H23NS. The summed E-state index contributed by atoms with van der Waals surface area (Å²) in [7, 11) is 2.18. The molecule has 0 aliphatic carbocycles. The average molecular weight is 346 g/mol. The van der Waals surface area contributed by atoms with Crippen LogP contribution in [0.3, 0.4) is 0 Å². The Morgan fingerprint density at radius 1 is 0.880 bits per heavy atom. The summed E-state index contributed by atoms with van der Waals surface area (Å²) in [6.07, 6.45) is 3.47. The van der Waals surface area contributed by atoms with Crippen molar-refractivity contribution in [3.05, 3.63) is 89.5 Å². The minimum atomic E-state index is 0.0721. The summed E-state index contributed by atoms with van der Waals surface area (Å²) in [5.41, 5.74) is 5.39. The third-order valence-electron chi connectivity index (χ3n) is 5.13. The van der Waals surface area contributed by atoms with Crippen molar-refractivity contribution in [3.8, 4) is 0 Å². The first-order chi connectivity index (χ1) is 12.2. The van der Waals surface area contributed by atoms with Crippen LogP contribution in [-0.2, 0) is 0 Å². The van der Waals surface area contributed by atoms with Gasteiger partial charge in [-0.25, -0.2) is 0 Å². The van der Waals surface area contributed by atoms with Gasteiger partial charge in [-0.2, -0.15) is 12.6 Å². The Morgan fingerprint density at radius 2 is 1.60 bits per heavy atom. The fourth-order valence-electron chi connectivity index (χ4n) is 3.70. The number of nitrogens with zero attached hydrogens (tertiary/aromatic N) is 1. The lowest BCUT2D eigenvalue weighted by atomic mass is 9.90. The van der Waals surface area contributed by atoms with E-state index in [2.05, 4.69) is 84.8 Å². The highest BCUT2D eigenvalue weighted by Crippen LogP contribution is 2.38. The molecule has 1 atom stereocenters. The Hall–Kier alpha value is -2.03. The molecule has 0 aromatic heterocycles. The van der Waals surface area contributed by atoms with Gasteiger partial charge in [0, 0.05) is 13.1 Å². The van der Waals surface area contributed by atoms with Gasteiger partial charge in [0.25, 0.3) is 0 Å². The van der Waals surface area contributed by atoms with Gasteiger partial charge in [-0.05, 0) is 46.5 Å². The van der Waals surface area contributed by atoms with Crippen LogP contribution in [0.5, 0.6) is 0 Å². The van der Waals surface area contributed by atoms with Crippen molar-refractivity contribution in [1.82, 2.24) is 4.90 Å². The molecule has 0 spiro atoms. The van der Waals surface area contributed by atoms with Gasteiger partial charge in [-0.3, -0.25) is 0 Å². The van der Waals surface area contributed by atoms with E-state index in [9.17, 15) is 0 Å². The van der Waals surface area contributed by atoms with Crippen LogP contribution in [0.15, 0.2) is 72.8 Å². The zero-order valence-corrected chi connectivity index (χ0v) is 15.4. The van der Waals surface area contributed by atoms with Crippen LogP contribution >= 0.6 is 12.6 Å². The number of fused-ring (bicyclic) bond motifs is 1. The molecule has 0 fully saturated rings. The summed E-state index contributed by atoms with van der Waals surface area (Å²) in [6.45, 7) is 2.14. The third-order valence-corrected chi connectivity index (χ3v) is 5.69. The maximum Gasteiger partial charge on any atom is 0.0528 e. The van der Waals surface area contributed by atoms with E-state index >= 15 is 0 Å². The fraction of sp³-hybridized carbons (Fsp3) is 0.217. The van der Waals surface area contributed by atoms with Crippen molar-refractivity contribution in [3.63, 3.8) is 0 Å². The van der Waals surface area contributed by atoms with E-state index < -0.39 is 0 Å². The van der Waals surface area contributed by atoms with Crippen molar-refractivity contribution in [2.24, 2.45) is 0 Å². The van der Waals surface area contributed by atoms with E-state index in [1.54, 1.807) is 0 Å². The molecule has 2 heteroatoms. The summed E-state index contributed by atoms with van der Waals surface area (Å²) >= 11 is 5.05.